The summed E-state index contributed by atoms with van der Waals surface area (Å²) >= 11 is 0. The minimum atomic E-state index is -4.92. The molecule has 1 saturated heterocycles. The van der Waals surface area contributed by atoms with Crippen LogP contribution < -0.4 is 15.5 Å². The van der Waals surface area contributed by atoms with E-state index < -0.39 is 81.0 Å². The summed E-state index contributed by atoms with van der Waals surface area (Å²) in [7, 11) is -4.96. The van der Waals surface area contributed by atoms with Gasteiger partial charge in [-0.05, 0) is 73.2 Å². The molecule has 8 atom stereocenters. The summed E-state index contributed by atoms with van der Waals surface area (Å²) < 4.78 is 75.6. The lowest BCUT2D eigenvalue weighted by Gasteiger charge is -2.42. The fraction of sp³-hybridized carbons (Fsp3) is 0.537. The Morgan fingerprint density at radius 3 is 2.25 bits per heavy atom. The van der Waals surface area contributed by atoms with Crippen LogP contribution in [0.5, 0.6) is 0 Å². The number of carbonyl (C=O) groups is 1. The number of sulfone groups is 1. The number of amides is 2. The molecule has 0 saturated carbocycles. The lowest BCUT2D eigenvalue weighted by molar-refractivity contribution is -0.246. The number of aliphatic hydroxyl groups excluding tert-OH is 4. The summed E-state index contributed by atoms with van der Waals surface area (Å²) in [6.07, 6.45) is -5.72. The van der Waals surface area contributed by atoms with Crippen molar-refractivity contribution in [2.24, 2.45) is 5.41 Å². The molecule has 9 N–H and O–H groups in total. The van der Waals surface area contributed by atoms with Gasteiger partial charge in [0.2, 0.25) is 0 Å². The maximum Gasteiger partial charge on any atom is 0.397 e. The van der Waals surface area contributed by atoms with Crippen LogP contribution in [0.3, 0.4) is 0 Å². The maximum absolute atomic E-state index is 14.0. The van der Waals surface area contributed by atoms with Gasteiger partial charge in [0, 0.05) is 43.4 Å². The summed E-state index contributed by atoms with van der Waals surface area (Å²) in [5.41, 5.74) is 2.20. The first-order chi connectivity index (χ1) is 27.9. The van der Waals surface area contributed by atoms with Crippen molar-refractivity contribution in [3.8, 4) is 0 Å². The van der Waals surface area contributed by atoms with Crippen molar-refractivity contribution in [3.63, 3.8) is 0 Å². The molecule has 1 fully saturated rings. The minimum Gasteiger partial charge on any atom is -0.412 e. The first-order valence-electron chi connectivity index (χ1n) is 19.7. The Labute approximate surface area is 352 Å². The topological polar surface area (TPSA) is 273 Å². The number of fused-ring (bicyclic) bond motifs is 1. The van der Waals surface area contributed by atoms with E-state index in [1.165, 1.54) is 0 Å². The van der Waals surface area contributed by atoms with Crippen molar-refractivity contribution < 1.29 is 65.7 Å². The highest BCUT2D eigenvalue weighted by atomic mass is 32.3. The minimum absolute atomic E-state index is 0. The van der Waals surface area contributed by atoms with E-state index in [9.17, 15) is 36.9 Å². The summed E-state index contributed by atoms with van der Waals surface area (Å²) in [5, 5.41) is 47.1. The standard InChI is InChI=1S/C39H53N3O12S2.C2H6O.H2O/c1-5-7-18-39(6-2)24-55(47,48)32-17-16-28(42(3)4)21-29(32)30(36(39)45)20-26-14-11-15-27(19-26)40-38(46)41-37-34(44)35(52-22-25-12-9-8-10-13-25)33(43)31(54-37)23-53-56(49,50)51;1-2-3;/h8-17,19,21,30-31,33-37,43-45H,5-7,18,20,22-24H2,1-4H3,(H2,40,41,46)(H,49,50,51);3H,2H2,1H3;1H2/t30-,31-,33-,34-,35+,36-,37-,39-;;/m1../s1. The Bertz CT molecular complexity index is 2040. The fourth-order valence-electron chi connectivity index (χ4n) is 7.62. The van der Waals surface area contributed by atoms with Crippen LogP contribution in [0, 0.1) is 5.41 Å². The van der Waals surface area contributed by atoms with Crippen LogP contribution >= 0.6 is 0 Å². The highest BCUT2D eigenvalue weighted by Gasteiger charge is 2.49. The van der Waals surface area contributed by atoms with Gasteiger partial charge in [-0.25, -0.2) is 17.4 Å². The molecule has 60 heavy (non-hydrogen) atoms. The third kappa shape index (κ3) is 13.1. The first kappa shape index (κ1) is 50.6. The van der Waals surface area contributed by atoms with Gasteiger partial charge in [0.05, 0.1) is 30.0 Å². The van der Waals surface area contributed by atoms with Gasteiger partial charge in [0.15, 0.2) is 16.1 Å². The van der Waals surface area contributed by atoms with Crippen LogP contribution in [0.4, 0.5) is 16.2 Å². The zero-order chi connectivity index (χ0) is 43.5. The van der Waals surface area contributed by atoms with Crippen molar-refractivity contribution in [1.29, 1.82) is 0 Å². The van der Waals surface area contributed by atoms with Gasteiger partial charge >= 0.3 is 16.4 Å². The Balaban J connectivity index is 0.00000233. The highest BCUT2D eigenvalue weighted by Crippen LogP contribution is 2.48. The number of urea groups is 1. The molecule has 19 heteroatoms. The Kier molecular flexibility index (Phi) is 18.9. The number of nitrogens with zero attached hydrogens (tertiary/aromatic N) is 1. The Morgan fingerprint density at radius 2 is 1.63 bits per heavy atom. The lowest BCUT2D eigenvalue weighted by Crippen LogP contribution is -2.64. The summed E-state index contributed by atoms with van der Waals surface area (Å²) in [6.45, 7) is 5.00. The molecular weight excluding hydrogens is 823 g/mol. The molecular formula is C41H61N3O14S2. The Morgan fingerprint density at radius 1 is 0.967 bits per heavy atom. The molecule has 17 nitrogen and oxygen atoms in total. The molecule has 2 heterocycles. The predicted octanol–water partition coefficient (Wildman–Crippen LogP) is 2.96. The van der Waals surface area contributed by atoms with Crippen molar-refractivity contribution in [3.05, 3.63) is 89.5 Å². The zero-order valence-electron chi connectivity index (χ0n) is 34.6. The molecule has 2 amide bonds. The molecule has 3 aromatic rings. The summed E-state index contributed by atoms with van der Waals surface area (Å²) in [4.78, 5) is 15.5. The van der Waals surface area contributed by atoms with Crippen molar-refractivity contribution in [1.82, 2.24) is 5.32 Å². The third-order valence-corrected chi connectivity index (χ3v) is 13.2. The van der Waals surface area contributed by atoms with Gasteiger partial charge in [0.25, 0.3) is 0 Å². The molecule has 0 bridgehead atoms. The lowest BCUT2D eigenvalue weighted by atomic mass is 9.69. The number of aliphatic hydroxyl groups is 4. The number of carbonyl (C=O) groups excluding carboxylic acids is 1. The second-order valence-corrected chi connectivity index (χ2v) is 18.2. The van der Waals surface area contributed by atoms with Crippen molar-refractivity contribution >= 4 is 37.6 Å². The fourth-order valence-corrected chi connectivity index (χ4v) is 10.2. The van der Waals surface area contributed by atoms with Gasteiger partial charge in [-0.2, -0.15) is 8.42 Å². The maximum atomic E-state index is 14.0. The summed E-state index contributed by atoms with van der Waals surface area (Å²) in [5.74, 6) is -0.771. The predicted molar refractivity (Wildman–Crippen MR) is 226 cm³/mol. The van der Waals surface area contributed by atoms with E-state index in [1.54, 1.807) is 67.6 Å². The molecule has 3 aromatic carbocycles. The highest BCUT2D eigenvalue weighted by molar-refractivity contribution is 7.91. The van der Waals surface area contributed by atoms with Crippen LogP contribution in [-0.4, -0.2) is 123 Å². The summed E-state index contributed by atoms with van der Waals surface area (Å²) in [6, 6.07) is 20.2. The van der Waals surface area contributed by atoms with E-state index in [0.29, 0.717) is 35.2 Å². The third-order valence-electron chi connectivity index (χ3n) is 10.7. The Hall–Kier alpha value is -3.73. The number of unbranched alkanes of at least 4 members (excludes halogenated alkanes) is 1. The average Bonchev–Trinajstić information content (AvgIpc) is 3.25. The van der Waals surface area contributed by atoms with Crippen LogP contribution in [0.15, 0.2) is 77.7 Å². The van der Waals surface area contributed by atoms with Crippen LogP contribution in [0.25, 0.3) is 0 Å². The second-order valence-electron chi connectivity index (χ2n) is 15.1. The van der Waals surface area contributed by atoms with Crippen molar-refractivity contribution in [2.45, 2.75) is 107 Å². The van der Waals surface area contributed by atoms with E-state index in [2.05, 4.69) is 14.8 Å². The molecule has 0 aliphatic carbocycles. The van der Waals surface area contributed by atoms with Crippen molar-refractivity contribution in [2.75, 3.05) is 43.3 Å². The number of hydrogen-bond donors (Lipinski definition) is 7. The molecule has 2 aliphatic rings. The van der Waals surface area contributed by atoms with Gasteiger partial charge in [-0.15, -0.1) is 0 Å². The SMILES string of the molecule is CCCC[C@]1(CC)CS(=O)(=O)c2ccc(N(C)C)cc2[C@@H](Cc2cccc(NC(=O)N[C@@H]3O[C@H](COS(=O)(=O)O)[C@@H](O)[C@H](OCc4ccccc4)[C@H]3O)c2)[C@H]1O.CCO.O. The molecule has 0 spiro atoms. The second kappa shape index (κ2) is 22.4. The van der Waals surface area contributed by atoms with Crippen LogP contribution in [0.1, 0.15) is 69.1 Å². The quantitative estimate of drug-likeness (QED) is 0.108. The number of ether oxygens (including phenoxy) is 2. The van der Waals surface area contributed by atoms with E-state index in [4.69, 9.17) is 19.1 Å². The smallest absolute Gasteiger partial charge is 0.397 e. The van der Waals surface area contributed by atoms with Gasteiger partial charge in [0.1, 0.15) is 24.4 Å². The van der Waals surface area contributed by atoms with Gasteiger partial charge in [-0.3, -0.25) is 4.55 Å². The number of rotatable bonds is 15. The largest absolute Gasteiger partial charge is 0.412 e. The van der Waals surface area contributed by atoms with Crippen LogP contribution in [0.2, 0.25) is 0 Å². The molecule has 0 aromatic heterocycles. The molecule has 0 radical (unpaired) electrons. The van der Waals surface area contributed by atoms with Gasteiger partial charge in [-0.1, -0.05) is 69.2 Å². The number of benzene rings is 3. The van der Waals surface area contributed by atoms with E-state index in [-0.39, 0.29) is 35.8 Å². The monoisotopic (exact) mass is 883 g/mol. The van der Waals surface area contributed by atoms with E-state index >= 15 is 0 Å². The van der Waals surface area contributed by atoms with E-state index in [1.807, 2.05) is 45.0 Å². The average molecular weight is 884 g/mol. The normalized spacial score (nSPS) is 25.9. The molecule has 336 valence electrons. The van der Waals surface area contributed by atoms with Crippen LogP contribution in [-0.2, 0) is 46.9 Å². The number of hydrogen-bond acceptors (Lipinski definition) is 13. The molecule has 0 unspecified atom stereocenters. The zero-order valence-corrected chi connectivity index (χ0v) is 36.2. The molecule has 5 rings (SSSR count). The van der Waals surface area contributed by atoms with Gasteiger partial charge < -0.3 is 50.9 Å². The first-order valence-corrected chi connectivity index (χ1v) is 22.7. The molecule has 2 aliphatic heterocycles. The number of anilines is 2. The van der Waals surface area contributed by atoms with E-state index in [0.717, 1.165) is 18.5 Å². The number of nitrogens with one attached hydrogen (secondary N) is 2.